The molecule has 4 heteroatoms. The molecular weight excluding hydrogens is 599 g/mol. The minimum absolute atomic E-state index is 0.638. The molecule has 0 aliphatic carbocycles. The lowest BCUT2D eigenvalue weighted by atomic mass is 9.91. The number of rotatable bonds is 4. The molecule has 49 heavy (non-hydrogen) atoms. The number of nitrogens with zero attached hydrogens (tertiary/aromatic N) is 3. The van der Waals surface area contributed by atoms with Crippen molar-refractivity contribution in [3.63, 3.8) is 0 Å². The summed E-state index contributed by atoms with van der Waals surface area (Å²) in [6.07, 6.45) is 0. The molecule has 0 aliphatic rings. The van der Waals surface area contributed by atoms with Gasteiger partial charge in [0.15, 0.2) is 17.5 Å². The van der Waals surface area contributed by atoms with E-state index in [1.165, 1.54) is 26.9 Å². The summed E-state index contributed by atoms with van der Waals surface area (Å²) in [5.41, 5.74) is 6.89. The lowest BCUT2D eigenvalue weighted by Crippen LogP contribution is -2.00. The Hall–Kier alpha value is -6.65. The smallest absolute Gasteiger partial charge is 0.164 e. The standard InChI is InChI=1S/C45H27N3O/c1-3-12-28(13-4-1)43-46-44(29-14-5-2-6-15-29)48-45(47-43)32-17-11-16-30(26-32)31-22-23-37-39(27-31)34-19-8-7-18-33(34)36-24-25-38-35-20-9-10-21-40(35)49-42(38)41(36)37/h1-27H. The normalized spacial score (nSPS) is 11.7. The zero-order chi connectivity index (χ0) is 32.3. The van der Waals surface area contributed by atoms with Gasteiger partial charge in [-0.3, -0.25) is 0 Å². The van der Waals surface area contributed by atoms with Crippen molar-refractivity contribution >= 4 is 54.3 Å². The van der Waals surface area contributed by atoms with E-state index < -0.39 is 0 Å². The van der Waals surface area contributed by atoms with Gasteiger partial charge < -0.3 is 4.42 Å². The van der Waals surface area contributed by atoms with E-state index >= 15 is 0 Å². The molecule has 0 atom stereocenters. The van der Waals surface area contributed by atoms with Crippen LogP contribution in [0.1, 0.15) is 0 Å². The second-order valence-electron chi connectivity index (χ2n) is 12.4. The molecule has 0 amide bonds. The van der Waals surface area contributed by atoms with Crippen LogP contribution in [0.4, 0.5) is 0 Å². The Kier molecular flexibility index (Phi) is 6.15. The van der Waals surface area contributed by atoms with Gasteiger partial charge in [0.25, 0.3) is 0 Å². The average molecular weight is 626 g/mol. The molecule has 0 fully saturated rings. The van der Waals surface area contributed by atoms with Gasteiger partial charge in [-0.15, -0.1) is 0 Å². The van der Waals surface area contributed by atoms with Crippen LogP contribution < -0.4 is 0 Å². The second kappa shape index (κ2) is 11.0. The van der Waals surface area contributed by atoms with Crippen LogP contribution in [0.2, 0.25) is 0 Å². The van der Waals surface area contributed by atoms with Crippen molar-refractivity contribution in [3.8, 4) is 45.3 Å². The third-order valence-electron chi connectivity index (χ3n) is 9.50. The van der Waals surface area contributed by atoms with Crippen molar-refractivity contribution in [2.24, 2.45) is 0 Å². The third-order valence-corrected chi connectivity index (χ3v) is 9.50. The summed E-state index contributed by atoms with van der Waals surface area (Å²) in [5.74, 6) is 1.94. The minimum atomic E-state index is 0.638. The number of furan rings is 1. The summed E-state index contributed by atoms with van der Waals surface area (Å²) in [4.78, 5) is 14.8. The molecule has 228 valence electrons. The van der Waals surface area contributed by atoms with E-state index in [2.05, 4.69) is 91.0 Å². The van der Waals surface area contributed by atoms with E-state index in [9.17, 15) is 0 Å². The highest BCUT2D eigenvalue weighted by Crippen LogP contribution is 2.43. The first-order chi connectivity index (χ1) is 24.3. The average Bonchev–Trinajstić information content (AvgIpc) is 3.57. The van der Waals surface area contributed by atoms with Gasteiger partial charge in [0.05, 0.1) is 0 Å². The van der Waals surface area contributed by atoms with Crippen LogP contribution in [-0.2, 0) is 0 Å². The molecule has 10 aromatic rings. The molecule has 10 rings (SSSR count). The van der Waals surface area contributed by atoms with Crippen molar-refractivity contribution in [3.05, 3.63) is 164 Å². The molecule has 2 heterocycles. The Morgan fingerprint density at radius 2 is 0.796 bits per heavy atom. The first-order valence-corrected chi connectivity index (χ1v) is 16.4. The Morgan fingerprint density at radius 1 is 0.306 bits per heavy atom. The number of hydrogen-bond donors (Lipinski definition) is 0. The van der Waals surface area contributed by atoms with E-state index in [1.807, 2.05) is 72.8 Å². The molecule has 0 bridgehead atoms. The molecule has 8 aromatic carbocycles. The number of benzene rings is 8. The minimum Gasteiger partial charge on any atom is -0.455 e. The van der Waals surface area contributed by atoms with Crippen LogP contribution in [0, 0.1) is 0 Å². The van der Waals surface area contributed by atoms with Crippen LogP contribution in [0.3, 0.4) is 0 Å². The van der Waals surface area contributed by atoms with E-state index in [-0.39, 0.29) is 0 Å². The molecule has 0 saturated heterocycles. The topological polar surface area (TPSA) is 51.8 Å². The summed E-state index contributed by atoms with van der Waals surface area (Å²) in [6, 6.07) is 56.9. The van der Waals surface area contributed by atoms with Gasteiger partial charge >= 0.3 is 0 Å². The van der Waals surface area contributed by atoms with Crippen molar-refractivity contribution < 1.29 is 4.42 Å². The Balaban J connectivity index is 1.17. The summed E-state index contributed by atoms with van der Waals surface area (Å²) >= 11 is 0. The van der Waals surface area contributed by atoms with Gasteiger partial charge in [0, 0.05) is 32.8 Å². The third kappa shape index (κ3) is 4.49. The molecule has 0 radical (unpaired) electrons. The number of fused-ring (bicyclic) bond motifs is 10. The zero-order valence-corrected chi connectivity index (χ0v) is 26.3. The lowest BCUT2D eigenvalue weighted by molar-refractivity contribution is 0.673. The second-order valence-corrected chi connectivity index (χ2v) is 12.4. The van der Waals surface area contributed by atoms with Crippen molar-refractivity contribution in [2.75, 3.05) is 0 Å². The maximum absolute atomic E-state index is 6.57. The maximum atomic E-state index is 6.57. The van der Waals surface area contributed by atoms with Gasteiger partial charge in [-0.1, -0.05) is 140 Å². The molecule has 4 nitrogen and oxygen atoms in total. The predicted molar refractivity (Wildman–Crippen MR) is 201 cm³/mol. The van der Waals surface area contributed by atoms with E-state index in [0.717, 1.165) is 55.1 Å². The van der Waals surface area contributed by atoms with Crippen LogP contribution in [-0.4, -0.2) is 15.0 Å². The molecule has 0 unspecified atom stereocenters. The van der Waals surface area contributed by atoms with Gasteiger partial charge in [-0.05, 0) is 62.3 Å². The van der Waals surface area contributed by atoms with Crippen LogP contribution in [0.25, 0.3) is 99.5 Å². The summed E-state index contributed by atoms with van der Waals surface area (Å²) < 4.78 is 6.57. The fourth-order valence-electron chi connectivity index (χ4n) is 7.17. The fraction of sp³-hybridized carbons (Fsp3) is 0. The van der Waals surface area contributed by atoms with E-state index in [1.54, 1.807) is 0 Å². The SMILES string of the molecule is c1ccc(-c2nc(-c3ccccc3)nc(-c3cccc(-c4ccc5c(c4)c4ccccc4c4ccc6c7ccccc7oc6c45)c3)n2)cc1. The number of hydrogen-bond acceptors (Lipinski definition) is 4. The number of aromatic nitrogens is 3. The zero-order valence-electron chi connectivity index (χ0n) is 26.3. The van der Waals surface area contributed by atoms with Crippen LogP contribution >= 0.6 is 0 Å². The van der Waals surface area contributed by atoms with E-state index in [4.69, 9.17) is 19.4 Å². The predicted octanol–water partition coefficient (Wildman–Crippen LogP) is 11.9. The van der Waals surface area contributed by atoms with Gasteiger partial charge in [-0.25, -0.2) is 15.0 Å². The monoisotopic (exact) mass is 625 g/mol. The van der Waals surface area contributed by atoms with Crippen LogP contribution in [0.15, 0.2) is 168 Å². The Labute approximate surface area is 282 Å². The van der Waals surface area contributed by atoms with Gasteiger partial charge in [-0.2, -0.15) is 0 Å². The first kappa shape index (κ1) is 27.5. The molecular formula is C45H27N3O. The number of para-hydroxylation sites is 1. The molecule has 0 aliphatic heterocycles. The Bertz CT molecular complexity index is 2820. The van der Waals surface area contributed by atoms with Gasteiger partial charge in [0.2, 0.25) is 0 Å². The highest BCUT2D eigenvalue weighted by Gasteiger charge is 2.17. The first-order valence-electron chi connectivity index (χ1n) is 16.4. The quantitative estimate of drug-likeness (QED) is 0.183. The molecule has 0 spiro atoms. The molecule has 0 N–H and O–H groups in total. The molecule has 0 saturated carbocycles. The lowest BCUT2D eigenvalue weighted by Gasteiger charge is -2.13. The summed E-state index contributed by atoms with van der Waals surface area (Å²) in [7, 11) is 0. The van der Waals surface area contributed by atoms with Crippen molar-refractivity contribution in [2.45, 2.75) is 0 Å². The summed E-state index contributed by atoms with van der Waals surface area (Å²) in [5, 5.41) is 9.42. The largest absolute Gasteiger partial charge is 0.455 e. The van der Waals surface area contributed by atoms with Gasteiger partial charge in [0.1, 0.15) is 11.2 Å². The summed E-state index contributed by atoms with van der Waals surface area (Å²) in [6.45, 7) is 0. The van der Waals surface area contributed by atoms with E-state index in [0.29, 0.717) is 17.5 Å². The van der Waals surface area contributed by atoms with Crippen molar-refractivity contribution in [1.82, 2.24) is 15.0 Å². The highest BCUT2D eigenvalue weighted by atomic mass is 16.3. The fourth-order valence-corrected chi connectivity index (χ4v) is 7.17. The molecule has 2 aromatic heterocycles. The Morgan fingerprint density at radius 3 is 1.51 bits per heavy atom. The van der Waals surface area contributed by atoms with Crippen LogP contribution in [0.5, 0.6) is 0 Å². The van der Waals surface area contributed by atoms with Crippen molar-refractivity contribution in [1.29, 1.82) is 0 Å². The highest BCUT2D eigenvalue weighted by molar-refractivity contribution is 6.32. The maximum Gasteiger partial charge on any atom is 0.164 e.